The molecule has 5 rings (SSSR count). The molecule has 11 nitrogen and oxygen atoms in total. The second-order valence-electron chi connectivity index (χ2n) is 9.70. The molecule has 3 aromatic rings. The molecule has 0 aromatic carbocycles. The van der Waals surface area contributed by atoms with Crippen LogP contribution in [-0.2, 0) is 22.6 Å². The van der Waals surface area contributed by atoms with Crippen LogP contribution in [0.25, 0.3) is 22.3 Å². The van der Waals surface area contributed by atoms with Crippen molar-refractivity contribution in [3.63, 3.8) is 0 Å². The van der Waals surface area contributed by atoms with E-state index in [-0.39, 0.29) is 30.2 Å². The van der Waals surface area contributed by atoms with Gasteiger partial charge in [0.05, 0.1) is 29.9 Å². The number of amides is 3. The number of likely N-dealkylation sites (tertiary alicyclic amines) is 1. The largest absolute Gasteiger partial charge is 0.384 e. The highest BCUT2D eigenvalue weighted by atomic mass is 16.3. The van der Waals surface area contributed by atoms with Crippen LogP contribution < -0.4 is 4.90 Å². The van der Waals surface area contributed by atoms with Crippen molar-refractivity contribution in [3.05, 3.63) is 42.1 Å². The number of aliphatic hydroxyl groups is 1. The van der Waals surface area contributed by atoms with Gasteiger partial charge < -0.3 is 14.9 Å². The maximum Gasteiger partial charge on any atom is 0.324 e. The molecule has 1 N–H and O–H groups in total. The van der Waals surface area contributed by atoms with Gasteiger partial charge in [0.25, 0.3) is 5.91 Å². The summed E-state index contributed by atoms with van der Waals surface area (Å²) in [5.41, 5.74) is 4.26. The number of anilines is 1. The molecule has 1 saturated heterocycles. The van der Waals surface area contributed by atoms with Gasteiger partial charge >= 0.3 is 6.03 Å². The summed E-state index contributed by atoms with van der Waals surface area (Å²) >= 11 is 0. The van der Waals surface area contributed by atoms with Crippen LogP contribution in [0, 0.1) is 0 Å². The minimum Gasteiger partial charge on any atom is -0.384 e. The van der Waals surface area contributed by atoms with E-state index in [1.165, 1.54) is 13.8 Å². The lowest BCUT2D eigenvalue weighted by Gasteiger charge is -2.43. The fraction of sp³-hybridized carbons (Fsp3) is 0.423. The number of hydrogen-bond donors (Lipinski definition) is 1. The van der Waals surface area contributed by atoms with E-state index in [2.05, 4.69) is 15.0 Å². The monoisotopic (exact) mass is 503 g/mol. The average molecular weight is 504 g/mol. The number of urea groups is 1. The summed E-state index contributed by atoms with van der Waals surface area (Å²) in [5, 5.41) is 9.69. The zero-order valence-corrected chi connectivity index (χ0v) is 21.1. The molecule has 3 amide bonds. The Morgan fingerprint density at radius 3 is 2.46 bits per heavy atom. The topological polar surface area (TPSA) is 133 Å². The quantitative estimate of drug-likeness (QED) is 0.559. The second-order valence-corrected chi connectivity index (χ2v) is 9.70. The van der Waals surface area contributed by atoms with Crippen LogP contribution in [0.4, 0.5) is 10.5 Å². The van der Waals surface area contributed by atoms with Gasteiger partial charge in [0.15, 0.2) is 0 Å². The molecule has 192 valence electrons. The van der Waals surface area contributed by atoms with E-state index >= 15 is 0 Å². The first kappa shape index (κ1) is 24.7. The van der Waals surface area contributed by atoms with Crippen LogP contribution in [0.5, 0.6) is 0 Å². The molecule has 5 heterocycles. The summed E-state index contributed by atoms with van der Waals surface area (Å²) in [7, 11) is 1.76. The number of carbonyl (C=O) groups is 3. The van der Waals surface area contributed by atoms with Gasteiger partial charge in [0.2, 0.25) is 0 Å². The van der Waals surface area contributed by atoms with E-state index in [1.807, 2.05) is 12.1 Å². The molecular weight excluding hydrogens is 474 g/mol. The van der Waals surface area contributed by atoms with Crippen molar-refractivity contribution in [2.45, 2.75) is 51.8 Å². The molecule has 1 fully saturated rings. The van der Waals surface area contributed by atoms with Crippen LogP contribution in [0.1, 0.15) is 38.1 Å². The van der Waals surface area contributed by atoms with Crippen LogP contribution >= 0.6 is 0 Å². The van der Waals surface area contributed by atoms with Crippen LogP contribution in [0.3, 0.4) is 0 Å². The normalized spacial score (nSPS) is 17.2. The van der Waals surface area contributed by atoms with Crippen molar-refractivity contribution in [2.75, 3.05) is 25.0 Å². The Balaban J connectivity index is 1.52. The van der Waals surface area contributed by atoms with E-state index in [4.69, 9.17) is 4.98 Å². The Morgan fingerprint density at radius 1 is 1.11 bits per heavy atom. The Hall–Kier alpha value is -3.99. The van der Waals surface area contributed by atoms with Crippen molar-refractivity contribution < 1.29 is 19.5 Å². The smallest absolute Gasteiger partial charge is 0.324 e. The molecule has 3 aromatic heterocycles. The van der Waals surface area contributed by atoms with Gasteiger partial charge in [-0.1, -0.05) is 0 Å². The van der Waals surface area contributed by atoms with Crippen molar-refractivity contribution in [1.82, 2.24) is 29.7 Å². The molecule has 0 bridgehead atoms. The summed E-state index contributed by atoms with van der Waals surface area (Å²) in [6.45, 7) is 4.31. The molecule has 0 saturated carbocycles. The highest BCUT2D eigenvalue weighted by molar-refractivity contribution is 6.04. The Bertz CT molecular complexity index is 1370. The van der Waals surface area contributed by atoms with Gasteiger partial charge in [-0.25, -0.2) is 19.7 Å². The number of carbonyl (C=O) groups excluding carboxylic acids is 3. The van der Waals surface area contributed by atoms with E-state index in [1.54, 1.807) is 40.3 Å². The first-order valence-electron chi connectivity index (χ1n) is 12.3. The standard InChI is InChI=1S/C26H29N7O4/c1-15(34)10-22-28-11-17(12-29-22)20-4-5-21-23(30-20)24-18(13-27-21)14-31(3)26(37)33(24)19-6-8-32(9-7-19)25(36)16(2)35/h4-5,11-13,16,19,35H,6-10,14H2,1-3H3/t16-/m0/s1. The van der Waals surface area contributed by atoms with Gasteiger partial charge in [-0.3, -0.25) is 19.5 Å². The summed E-state index contributed by atoms with van der Waals surface area (Å²) in [6, 6.07) is 3.46. The lowest BCUT2D eigenvalue weighted by Crippen LogP contribution is -2.55. The first-order valence-corrected chi connectivity index (χ1v) is 12.3. The minimum atomic E-state index is -1.04. The molecule has 2 aliphatic heterocycles. The van der Waals surface area contributed by atoms with Crippen molar-refractivity contribution >= 4 is 34.4 Å². The second kappa shape index (κ2) is 9.81. The number of ketones is 1. The van der Waals surface area contributed by atoms with Crippen molar-refractivity contribution in [3.8, 4) is 11.3 Å². The number of fused-ring (bicyclic) bond motifs is 3. The first-order chi connectivity index (χ1) is 17.7. The summed E-state index contributed by atoms with van der Waals surface area (Å²) in [6.07, 6.45) is 5.40. The van der Waals surface area contributed by atoms with Gasteiger partial charge in [0, 0.05) is 55.9 Å². The molecule has 0 radical (unpaired) electrons. The lowest BCUT2D eigenvalue weighted by molar-refractivity contribution is -0.140. The van der Waals surface area contributed by atoms with Crippen LogP contribution in [0.2, 0.25) is 0 Å². The number of pyridine rings is 2. The van der Waals surface area contributed by atoms with Crippen LogP contribution in [-0.4, -0.2) is 84.8 Å². The van der Waals surface area contributed by atoms with E-state index in [0.717, 1.165) is 11.3 Å². The van der Waals surface area contributed by atoms with Crippen LogP contribution in [0.15, 0.2) is 30.7 Å². The molecular formula is C26H29N7O4. The lowest BCUT2D eigenvalue weighted by atomic mass is 9.99. The number of Topliss-reactive ketones (excluding diaryl/α,β-unsaturated/α-hetero) is 1. The summed E-state index contributed by atoms with van der Waals surface area (Å²) in [5.74, 6) is 0.153. The van der Waals surface area contributed by atoms with Gasteiger partial charge in [-0.15, -0.1) is 0 Å². The van der Waals surface area contributed by atoms with Gasteiger partial charge in [-0.05, 0) is 38.8 Å². The fourth-order valence-electron chi connectivity index (χ4n) is 4.99. The van der Waals surface area contributed by atoms with Crippen molar-refractivity contribution in [2.24, 2.45) is 0 Å². The number of aromatic nitrogens is 4. The highest BCUT2D eigenvalue weighted by Gasteiger charge is 2.38. The number of piperidine rings is 1. The number of hydrogen-bond acceptors (Lipinski definition) is 8. The predicted octanol–water partition coefficient (Wildman–Crippen LogP) is 1.96. The molecule has 37 heavy (non-hydrogen) atoms. The summed E-state index contributed by atoms with van der Waals surface area (Å²) in [4.78, 5) is 60.3. The van der Waals surface area contributed by atoms with E-state index in [0.29, 0.717) is 60.6 Å². The van der Waals surface area contributed by atoms with E-state index < -0.39 is 6.10 Å². The summed E-state index contributed by atoms with van der Waals surface area (Å²) < 4.78 is 0. The minimum absolute atomic E-state index is 0.00918. The highest BCUT2D eigenvalue weighted by Crippen LogP contribution is 2.37. The number of rotatable bonds is 5. The Labute approximate surface area is 214 Å². The third-order valence-electron chi connectivity index (χ3n) is 6.85. The zero-order chi connectivity index (χ0) is 26.3. The number of aliphatic hydroxyl groups excluding tert-OH is 1. The average Bonchev–Trinajstić information content (AvgIpc) is 2.89. The Morgan fingerprint density at radius 2 is 1.81 bits per heavy atom. The maximum absolute atomic E-state index is 13.5. The van der Waals surface area contributed by atoms with E-state index in [9.17, 15) is 19.5 Å². The third kappa shape index (κ3) is 4.74. The maximum atomic E-state index is 13.5. The predicted molar refractivity (Wildman–Crippen MR) is 136 cm³/mol. The van der Waals surface area contributed by atoms with Crippen molar-refractivity contribution in [1.29, 1.82) is 0 Å². The molecule has 11 heteroatoms. The number of nitrogens with zero attached hydrogens (tertiary/aromatic N) is 7. The molecule has 1 atom stereocenters. The Kier molecular flexibility index (Phi) is 6.55. The SMILES string of the molecule is CC(=O)Cc1ncc(-c2ccc3ncc4c(c3n2)N(C2CCN(C(=O)[C@H](C)O)CC2)C(=O)N(C)C4)cn1. The van der Waals surface area contributed by atoms with Gasteiger partial charge in [0.1, 0.15) is 23.2 Å². The third-order valence-corrected chi connectivity index (χ3v) is 6.85. The van der Waals surface area contributed by atoms with Gasteiger partial charge in [-0.2, -0.15) is 0 Å². The zero-order valence-electron chi connectivity index (χ0n) is 21.1. The molecule has 0 spiro atoms. The fourth-order valence-corrected chi connectivity index (χ4v) is 4.99. The molecule has 0 unspecified atom stereocenters. The molecule has 0 aliphatic carbocycles. The molecule has 2 aliphatic rings.